The van der Waals surface area contributed by atoms with Crippen LogP contribution in [-0.2, 0) is 11.3 Å². The number of furan rings is 1. The summed E-state index contributed by atoms with van der Waals surface area (Å²) >= 11 is 0. The number of methoxy groups -OCH3 is 1. The van der Waals surface area contributed by atoms with Gasteiger partial charge in [-0.3, -0.25) is 0 Å². The Morgan fingerprint density at radius 1 is 1.50 bits per heavy atom. The van der Waals surface area contributed by atoms with Gasteiger partial charge in [0.15, 0.2) is 0 Å². The molecule has 102 valence electrons. The average molecular weight is 257 g/mol. The number of esters is 1. The Balaban J connectivity index is 2.63. The first-order valence-corrected chi connectivity index (χ1v) is 5.73. The molecule has 1 aromatic rings. The molecule has 6 heteroatoms. The van der Waals surface area contributed by atoms with Crippen LogP contribution in [0.15, 0.2) is 16.7 Å². The molecule has 0 unspecified atom stereocenters. The van der Waals surface area contributed by atoms with E-state index in [2.05, 4.69) is 10.1 Å². The standard InChI is InChI=1S/C12H19NO5/c1-3-12(7-14,8-15)13-5-10-4-9(6-18-10)11(16)17-2/h4,6,13-15H,3,5,7-8H2,1-2H3. The molecule has 0 amide bonds. The molecule has 0 fully saturated rings. The van der Waals surface area contributed by atoms with Gasteiger partial charge in [-0.25, -0.2) is 4.79 Å². The minimum Gasteiger partial charge on any atom is -0.467 e. The maximum Gasteiger partial charge on any atom is 0.341 e. The smallest absolute Gasteiger partial charge is 0.341 e. The highest BCUT2D eigenvalue weighted by molar-refractivity contribution is 5.88. The van der Waals surface area contributed by atoms with Crippen molar-refractivity contribution >= 4 is 5.97 Å². The van der Waals surface area contributed by atoms with Crippen molar-refractivity contribution in [1.29, 1.82) is 0 Å². The quantitative estimate of drug-likeness (QED) is 0.608. The SMILES string of the molecule is CCC(CO)(CO)NCc1cc(C(=O)OC)co1. The van der Waals surface area contributed by atoms with Crippen molar-refractivity contribution in [3.8, 4) is 0 Å². The van der Waals surface area contributed by atoms with Crippen molar-refractivity contribution in [2.24, 2.45) is 0 Å². The zero-order valence-corrected chi connectivity index (χ0v) is 10.6. The maximum atomic E-state index is 11.2. The van der Waals surface area contributed by atoms with Crippen molar-refractivity contribution in [3.05, 3.63) is 23.7 Å². The zero-order valence-electron chi connectivity index (χ0n) is 10.6. The summed E-state index contributed by atoms with van der Waals surface area (Å²) in [5.74, 6) is 0.0752. The Hall–Kier alpha value is -1.37. The summed E-state index contributed by atoms with van der Waals surface area (Å²) in [7, 11) is 1.30. The van der Waals surface area contributed by atoms with E-state index in [9.17, 15) is 15.0 Å². The van der Waals surface area contributed by atoms with Gasteiger partial charge in [-0.2, -0.15) is 0 Å². The normalized spacial score (nSPS) is 11.6. The van der Waals surface area contributed by atoms with Crippen LogP contribution in [0.4, 0.5) is 0 Å². The number of hydrogen-bond donors (Lipinski definition) is 3. The number of hydrogen-bond acceptors (Lipinski definition) is 6. The van der Waals surface area contributed by atoms with Crippen LogP contribution >= 0.6 is 0 Å². The van der Waals surface area contributed by atoms with E-state index in [0.29, 0.717) is 24.3 Å². The highest BCUT2D eigenvalue weighted by atomic mass is 16.5. The zero-order chi connectivity index (χ0) is 13.6. The minimum atomic E-state index is -0.738. The molecule has 3 N–H and O–H groups in total. The summed E-state index contributed by atoms with van der Waals surface area (Å²) in [5, 5.41) is 21.5. The molecule has 1 heterocycles. The van der Waals surface area contributed by atoms with Crippen LogP contribution in [0.25, 0.3) is 0 Å². The lowest BCUT2D eigenvalue weighted by atomic mass is 9.98. The summed E-state index contributed by atoms with van der Waals surface area (Å²) in [5.41, 5.74) is -0.400. The van der Waals surface area contributed by atoms with Gasteiger partial charge in [0.1, 0.15) is 12.0 Å². The third-order valence-corrected chi connectivity index (χ3v) is 2.99. The molecule has 0 aliphatic carbocycles. The Bertz CT molecular complexity index is 375. The van der Waals surface area contributed by atoms with Crippen molar-refractivity contribution in [2.45, 2.75) is 25.4 Å². The third kappa shape index (κ3) is 3.32. The van der Waals surface area contributed by atoms with Gasteiger partial charge in [-0.15, -0.1) is 0 Å². The Labute approximate surface area is 106 Å². The number of ether oxygens (including phenoxy) is 1. The Morgan fingerprint density at radius 3 is 2.67 bits per heavy atom. The van der Waals surface area contributed by atoms with E-state index < -0.39 is 11.5 Å². The van der Waals surface area contributed by atoms with E-state index in [1.54, 1.807) is 6.07 Å². The molecule has 1 rings (SSSR count). The van der Waals surface area contributed by atoms with E-state index in [1.165, 1.54) is 13.4 Å². The predicted molar refractivity (Wildman–Crippen MR) is 64.1 cm³/mol. The monoisotopic (exact) mass is 257 g/mol. The van der Waals surface area contributed by atoms with Crippen molar-refractivity contribution in [2.75, 3.05) is 20.3 Å². The lowest BCUT2D eigenvalue weighted by Gasteiger charge is -2.29. The molecule has 6 nitrogen and oxygen atoms in total. The Morgan fingerprint density at radius 2 is 2.17 bits per heavy atom. The molecular formula is C12H19NO5. The third-order valence-electron chi connectivity index (χ3n) is 2.99. The highest BCUT2D eigenvalue weighted by Crippen LogP contribution is 2.13. The summed E-state index contributed by atoms with van der Waals surface area (Å²) in [4.78, 5) is 11.2. The molecule has 0 aliphatic heterocycles. The van der Waals surface area contributed by atoms with E-state index in [4.69, 9.17) is 4.42 Å². The van der Waals surface area contributed by atoms with Gasteiger partial charge < -0.3 is 24.7 Å². The maximum absolute atomic E-state index is 11.2. The molecule has 0 aliphatic rings. The van der Waals surface area contributed by atoms with Crippen molar-refractivity contribution in [1.82, 2.24) is 5.32 Å². The molecule has 0 bridgehead atoms. The first kappa shape index (κ1) is 14.7. The number of rotatable bonds is 7. The summed E-state index contributed by atoms with van der Waals surface area (Å²) < 4.78 is 9.75. The molecule has 18 heavy (non-hydrogen) atoms. The number of nitrogens with one attached hydrogen (secondary N) is 1. The fourth-order valence-corrected chi connectivity index (χ4v) is 1.48. The van der Waals surface area contributed by atoms with Crippen LogP contribution in [0.2, 0.25) is 0 Å². The number of aliphatic hydroxyl groups excluding tert-OH is 2. The highest BCUT2D eigenvalue weighted by Gasteiger charge is 2.26. The van der Waals surface area contributed by atoms with Gasteiger partial charge in [-0.05, 0) is 12.5 Å². The number of carbonyl (C=O) groups excluding carboxylic acids is 1. The summed E-state index contributed by atoms with van der Waals surface area (Å²) in [6, 6.07) is 1.56. The molecule has 0 aromatic carbocycles. The fraction of sp³-hybridized carbons (Fsp3) is 0.583. The second-order valence-corrected chi connectivity index (χ2v) is 4.10. The molecule has 0 saturated carbocycles. The summed E-state index contributed by atoms with van der Waals surface area (Å²) in [6.45, 7) is 1.82. The number of aliphatic hydroxyl groups is 2. The van der Waals surface area contributed by atoms with E-state index >= 15 is 0 Å². The van der Waals surface area contributed by atoms with Gasteiger partial charge in [0, 0.05) is 0 Å². The van der Waals surface area contributed by atoms with E-state index in [0.717, 1.165) is 0 Å². The fourth-order valence-electron chi connectivity index (χ4n) is 1.48. The molecule has 0 saturated heterocycles. The van der Waals surface area contributed by atoms with E-state index in [-0.39, 0.29) is 13.2 Å². The first-order chi connectivity index (χ1) is 8.60. The Kier molecular flexibility index (Phi) is 5.33. The largest absolute Gasteiger partial charge is 0.467 e. The van der Waals surface area contributed by atoms with Crippen LogP contribution in [-0.4, -0.2) is 42.0 Å². The van der Waals surface area contributed by atoms with Gasteiger partial charge in [-0.1, -0.05) is 6.92 Å². The molecule has 0 spiro atoms. The van der Waals surface area contributed by atoms with Crippen LogP contribution in [0, 0.1) is 0 Å². The molecule has 1 aromatic heterocycles. The van der Waals surface area contributed by atoms with E-state index in [1.807, 2.05) is 6.92 Å². The molecule has 0 atom stereocenters. The van der Waals surface area contributed by atoms with Crippen molar-refractivity contribution in [3.63, 3.8) is 0 Å². The van der Waals surface area contributed by atoms with Crippen LogP contribution in [0.1, 0.15) is 29.5 Å². The van der Waals surface area contributed by atoms with Gasteiger partial charge >= 0.3 is 5.97 Å². The summed E-state index contributed by atoms with van der Waals surface area (Å²) in [6.07, 6.45) is 1.89. The molecule has 0 radical (unpaired) electrons. The lowest BCUT2D eigenvalue weighted by molar-refractivity contribution is 0.0600. The average Bonchev–Trinajstić information content (AvgIpc) is 2.89. The van der Waals surface area contributed by atoms with Crippen LogP contribution in [0.5, 0.6) is 0 Å². The van der Waals surface area contributed by atoms with Crippen molar-refractivity contribution < 1.29 is 24.2 Å². The van der Waals surface area contributed by atoms with Crippen LogP contribution in [0.3, 0.4) is 0 Å². The topological polar surface area (TPSA) is 91.9 Å². The lowest BCUT2D eigenvalue weighted by Crippen LogP contribution is -2.50. The minimum absolute atomic E-state index is 0.176. The van der Waals surface area contributed by atoms with Crippen LogP contribution < -0.4 is 5.32 Å². The second-order valence-electron chi connectivity index (χ2n) is 4.10. The predicted octanol–water partition coefficient (Wildman–Crippen LogP) is 0.289. The van der Waals surface area contributed by atoms with Gasteiger partial charge in [0.25, 0.3) is 0 Å². The van der Waals surface area contributed by atoms with Gasteiger partial charge in [0.05, 0.1) is 38.0 Å². The second kappa shape index (κ2) is 6.53. The molecular weight excluding hydrogens is 238 g/mol. The first-order valence-electron chi connectivity index (χ1n) is 5.73. The number of carbonyl (C=O) groups is 1. The van der Waals surface area contributed by atoms with Gasteiger partial charge in [0.2, 0.25) is 0 Å².